The van der Waals surface area contributed by atoms with Crippen molar-refractivity contribution >= 4 is 15.7 Å². The number of fused-ring (bicyclic) bond motifs is 3. The van der Waals surface area contributed by atoms with E-state index in [9.17, 15) is 17.6 Å². The smallest absolute Gasteiger partial charge is 0.226 e. The van der Waals surface area contributed by atoms with E-state index in [1.54, 1.807) is 24.3 Å². The van der Waals surface area contributed by atoms with Crippen molar-refractivity contribution in [2.45, 2.75) is 82.1 Å². The summed E-state index contributed by atoms with van der Waals surface area (Å²) in [5, 5.41) is 3.24. The van der Waals surface area contributed by atoms with Crippen LogP contribution in [-0.4, -0.2) is 32.2 Å². The predicted octanol–water partition coefficient (Wildman–Crippen LogP) is 5.11. The zero-order valence-electron chi connectivity index (χ0n) is 19.1. The molecule has 32 heavy (non-hydrogen) atoms. The number of sulfone groups is 1. The van der Waals surface area contributed by atoms with Gasteiger partial charge in [-0.05, 0) is 100.0 Å². The molecule has 0 saturated heterocycles. The normalized spacial score (nSPS) is 28.9. The zero-order chi connectivity index (χ0) is 23.0. The Balaban J connectivity index is 1.37. The van der Waals surface area contributed by atoms with Crippen LogP contribution in [0, 0.1) is 10.8 Å². The van der Waals surface area contributed by atoms with Gasteiger partial charge < -0.3 is 10.1 Å². The van der Waals surface area contributed by atoms with Gasteiger partial charge in [-0.15, -0.1) is 0 Å². The van der Waals surface area contributed by atoms with E-state index in [0.29, 0.717) is 24.1 Å². The predicted molar refractivity (Wildman–Crippen MR) is 122 cm³/mol. The Labute approximate surface area is 190 Å². The molecule has 4 aliphatic rings. The molecule has 0 atom stereocenters. The Morgan fingerprint density at radius 2 is 1.66 bits per heavy atom. The van der Waals surface area contributed by atoms with Gasteiger partial charge in [-0.1, -0.05) is 6.92 Å². The zero-order valence-corrected chi connectivity index (χ0v) is 19.9. The molecule has 0 heterocycles. The first-order valence-corrected chi connectivity index (χ1v) is 13.3. The molecule has 0 unspecified atom stereocenters. The van der Waals surface area contributed by atoms with Crippen LogP contribution in [0.4, 0.5) is 4.39 Å². The minimum atomic E-state index is -3.45. The maximum absolute atomic E-state index is 13.2. The Kier molecular flexibility index (Phi) is 6.16. The van der Waals surface area contributed by atoms with Crippen molar-refractivity contribution in [3.8, 4) is 5.75 Å². The third-order valence-corrected chi connectivity index (χ3v) is 9.99. The number of benzene rings is 1. The number of amides is 1. The Morgan fingerprint density at radius 1 is 1.06 bits per heavy atom. The minimum absolute atomic E-state index is 0.0166. The number of halogens is 1. The monoisotopic (exact) mass is 463 g/mol. The summed E-state index contributed by atoms with van der Waals surface area (Å²) in [4.78, 5) is 13.2. The molecule has 1 aromatic carbocycles. The van der Waals surface area contributed by atoms with E-state index < -0.39 is 9.84 Å². The highest BCUT2D eigenvalue weighted by Gasteiger charge is 2.55. The Morgan fingerprint density at radius 3 is 2.16 bits per heavy atom. The van der Waals surface area contributed by atoms with Gasteiger partial charge in [-0.25, -0.2) is 12.8 Å². The number of hydrogen-bond donors (Lipinski definition) is 1. The lowest BCUT2D eigenvalue weighted by molar-refractivity contribution is -0.140. The first-order chi connectivity index (χ1) is 15.1. The molecular formula is C25H34FNO4S. The molecule has 176 valence electrons. The highest BCUT2D eigenvalue weighted by Crippen LogP contribution is 2.58. The molecule has 1 N–H and O–H groups in total. The van der Waals surface area contributed by atoms with E-state index in [2.05, 4.69) is 12.2 Å². The fraction of sp³-hybridized carbons (Fsp3) is 0.640. The standard InChI is InChI=1S/C25H34FNO4S/c1-3-19(16-26)17-31-20-4-6-21(7-5-20)32(29,30)18-24-10-13-25(14-11-24,15-12-24)22(28)27-23(2)8-9-23/h4-7,16H,3,8-15,17-18H2,1-2H3,(H,27,28)/b19-16+. The molecule has 1 amide bonds. The van der Waals surface area contributed by atoms with Crippen LogP contribution in [0.15, 0.2) is 41.1 Å². The van der Waals surface area contributed by atoms with E-state index in [-0.39, 0.29) is 39.5 Å². The molecule has 2 bridgehead atoms. The summed E-state index contributed by atoms with van der Waals surface area (Å²) in [6.07, 6.45) is 7.90. The van der Waals surface area contributed by atoms with Crippen LogP contribution in [0.2, 0.25) is 0 Å². The van der Waals surface area contributed by atoms with E-state index in [1.165, 1.54) is 0 Å². The molecule has 0 radical (unpaired) electrons. The van der Waals surface area contributed by atoms with Gasteiger partial charge >= 0.3 is 0 Å². The van der Waals surface area contributed by atoms with Crippen LogP contribution in [0.3, 0.4) is 0 Å². The third kappa shape index (κ3) is 4.73. The summed E-state index contributed by atoms with van der Waals surface area (Å²) < 4.78 is 44.6. The lowest BCUT2D eigenvalue weighted by Gasteiger charge is -2.52. The maximum atomic E-state index is 13.2. The molecule has 0 aliphatic heterocycles. The van der Waals surface area contributed by atoms with Gasteiger partial charge in [0.05, 0.1) is 17.0 Å². The van der Waals surface area contributed by atoms with Crippen LogP contribution in [-0.2, 0) is 14.6 Å². The number of ether oxygens (including phenoxy) is 1. The van der Waals surface area contributed by atoms with Crippen LogP contribution in [0.5, 0.6) is 5.75 Å². The van der Waals surface area contributed by atoms with Crippen molar-refractivity contribution in [1.29, 1.82) is 0 Å². The molecule has 4 saturated carbocycles. The summed E-state index contributed by atoms with van der Waals surface area (Å²) >= 11 is 0. The van der Waals surface area contributed by atoms with Crippen molar-refractivity contribution in [3.05, 3.63) is 36.2 Å². The summed E-state index contributed by atoms with van der Waals surface area (Å²) in [5.41, 5.74) is -0.00771. The Bertz CT molecular complexity index is 971. The number of carbonyl (C=O) groups excluding carboxylic acids is 1. The summed E-state index contributed by atoms with van der Waals surface area (Å²) in [6.45, 7) is 4.10. The second-order valence-corrected chi connectivity index (χ2v) is 12.4. The van der Waals surface area contributed by atoms with Gasteiger partial charge in [0.25, 0.3) is 0 Å². The van der Waals surface area contributed by atoms with E-state index in [1.807, 2.05) is 6.92 Å². The topological polar surface area (TPSA) is 72.5 Å². The first kappa shape index (κ1) is 23.3. The average Bonchev–Trinajstić information content (AvgIpc) is 3.52. The fourth-order valence-corrected chi connectivity index (χ4v) is 7.11. The number of rotatable bonds is 9. The molecule has 5 nitrogen and oxygen atoms in total. The highest BCUT2D eigenvalue weighted by atomic mass is 32.2. The van der Waals surface area contributed by atoms with Gasteiger partial charge in [0.2, 0.25) is 5.91 Å². The molecule has 5 rings (SSSR count). The molecule has 4 fully saturated rings. The molecule has 7 heteroatoms. The quantitative estimate of drug-likeness (QED) is 0.552. The van der Waals surface area contributed by atoms with Crippen LogP contribution < -0.4 is 10.1 Å². The van der Waals surface area contributed by atoms with Crippen molar-refractivity contribution in [2.75, 3.05) is 12.4 Å². The molecular weight excluding hydrogens is 429 g/mol. The second kappa shape index (κ2) is 8.47. The molecule has 0 aromatic heterocycles. The minimum Gasteiger partial charge on any atom is -0.489 e. The summed E-state index contributed by atoms with van der Waals surface area (Å²) in [6, 6.07) is 6.41. The van der Waals surface area contributed by atoms with Gasteiger partial charge in [0.1, 0.15) is 12.4 Å². The lowest BCUT2D eigenvalue weighted by atomic mass is 9.54. The van der Waals surface area contributed by atoms with Crippen molar-refractivity contribution < 1.29 is 22.3 Å². The van der Waals surface area contributed by atoms with Crippen LogP contribution in [0.25, 0.3) is 0 Å². The first-order valence-electron chi connectivity index (χ1n) is 11.7. The van der Waals surface area contributed by atoms with Crippen molar-refractivity contribution in [2.24, 2.45) is 10.8 Å². The van der Waals surface area contributed by atoms with Gasteiger partial charge in [0, 0.05) is 11.0 Å². The Hall–Kier alpha value is -1.89. The fourth-order valence-electron chi connectivity index (χ4n) is 5.16. The van der Waals surface area contributed by atoms with E-state index >= 15 is 0 Å². The van der Waals surface area contributed by atoms with E-state index in [4.69, 9.17) is 4.74 Å². The van der Waals surface area contributed by atoms with Gasteiger partial charge in [0.15, 0.2) is 9.84 Å². The maximum Gasteiger partial charge on any atom is 0.226 e. The molecule has 4 aliphatic carbocycles. The van der Waals surface area contributed by atoms with Crippen LogP contribution >= 0.6 is 0 Å². The second-order valence-electron chi connectivity index (χ2n) is 10.4. The largest absolute Gasteiger partial charge is 0.489 e. The SMILES string of the molecule is CC/C(=C\F)COc1ccc(S(=O)(=O)CC23CCC(C(=O)NC4(C)CC4)(CC2)CC3)cc1. The van der Waals surface area contributed by atoms with Crippen molar-refractivity contribution in [1.82, 2.24) is 5.32 Å². The number of hydrogen-bond acceptors (Lipinski definition) is 4. The van der Waals surface area contributed by atoms with Crippen LogP contribution in [0.1, 0.15) is 71.6 Å². The van der Waals surface area contributed by atoms with Gasteiger partial charge in [-0.3, -0.25) is 4.79 Å². The summed E-state index contributed by atoms with van der Waals surface area (Å²) in [7, 11) is -3.45. The molecule has 0 spiro atoms. The lowest BCUT2D eigenvalue weighted by Crippen LogP contribution is -2.53. The molecule has 1 aromatic rings. The van der Waals surface area contributed by atoms with Crippen molar-refractivity contribution in [3.63, 3.8) is 0 Å². The average molecular weight is 464 g/mol. The van der Waals surface area contributed by atoms with Gasteiger partial charge in [-0.2, -0.15) is 0 Å². The highest BCUT2D eigenvalue weighted by molar-refractivity contribution is 7.91. The number of carbonyl (C=O) groups is 1. The van der Waals surface area contributed by atoms with E-state index in [0.717, 1.165) is 51.4 Å². The third-order valence-electron chi connectivity index (χ3n) is 8.01. The summed E-state index contributed by atoms with van der Waals surface area (Å²) in [5.74, 6) is 0.823. The number of nitrogens with one attached hydrogen (secondary N) is 1.